The summed E-state index contributed by atoms with van der Waals surface area (Å²) in [4.78, 5) is 4.29. The Morgan fingerprint density at radius 1 is 1.17 bits per heavy atom. The van der Waals surface area contributed by atoms with Crippen molar-refractivity contribution in [2.24, 2.45) is 10.7 Å². The second-order valence-corrected chi connectivity index (χ2v) is 4.78. The van der Waals surface area contributed by atoms with Crippen molar-refractivity contribution < 1.29 is 0 Å². The lowest BCUT2D eigenvalue weighted by molar-refractivity contribution is 0.848. The van der Waals surface area contributed by atoms with Gasteiger partial charge >= 0.3 is 0 Å². The first kappa shape index (κ1) is 12.6. The summed E-state index contributed by atoms with van der Waals surface area (Å²) in [5, 5.41) is 7.25. The van der Waals surface area contributed by atoms with E-state index >= 15 is 0 Å². The van der Waals surface area contributed by atoms with Gasteiger partial charge in [0.2, 0.25) is 0 Å². The molecule has 0 saturated heterocycles. The van der Waals surface area contributed by atoms with E-state index in [1.807, 2.05) is 23.6 Å². The maximum Gasteiger partial charge on any atom is 0.188 e. The van der Waals surface area contributed by atoms with Gasteiger partial charge in [-0.25, -0.2) is 4.99 Å². The Hall–Kier alpha value is -1.81. The van der Waals surface area contributed by atoms with E-state index in [1.165, 1.54) is 11.1 Å². The molecule has 0 aliphatic heterocycles. The van der Waals surface area contributed by atoms with Crippen LogP contribution in [0.2, 0.25) is 0 Å². The van der Waals surface area contributed by atoms with E-state index in [1.54, 1.807) is 11.3 Å². The number of guanidine groups is 1. The van der Waals surface area contributed by atoms with E-state index in [0.29, 0.717) is 12.5 Å². The zero-order valence-electron chi connectivity index (χ0n) is 10.2. The van der Waals surface area contributed by atoms with E-state index in [0.717, 1.165) is 13.0 Å². The zero-order valence-corrected chi connectivity index (χ0v) is 11.0. The van der Waals surface area contributed by atoms with Crippen molar-refractivity contribution >= 4 is 17.3 Å². The number of benzene rings is 1. The van der Waals surface area contributed by atoms with Crippen LogP contribution in [-0.4, -0.2) is 12.5 Å². The topological polar surface area (TPSA) is 50.4 Å². The van der Waals surface area contributed by atoms with Crippen molar-refractivity contribution in [3.63, 3.8) is 0 Å². The summed E-state index contributed by atoms with van der Waals surface area (Å²) in [7, 11) is 0. The molecule has 4 heteroatoms. The van der Waals surface area contributed by atoms with E-state index in [2.05, 4.69) is 33.9 Å². The van der Waals surface area contributed by atoms with Gasteiger partial charge in [0.1, 0.15) is 0 Å². The zero-order chi connectivity index (χ0) is 12.6. The van der Waals surface area contributed by atoms with Gasteiger partial charge in [-0.1, -0.05) is 30.3 Å². The van der Waals surface area contributed by atoms with Crippen LogP contribution in [0.1, 0.15) is 11.1 Å². The Morgan fingerprint density at radius 3 is 2.72 bits per heavy atom. The summed E-state index contributed by atoms with van der Waals surface area (Å²) in [6.07, 6.45) is 0.954. The largest absolute Gasteiger partial charge is 0.370 e. The highest BCUT2D eigenvalue weighted by molar-refractivity contribution is 7.07. The molecule has 0 amide bonds. The first-order chi connectivity index (χ1) is 8.84. The fourth-order valence-electron chi connectivity index (χ4n) is 1.59. The first-order valence-corrected chi connectivity index (χ1v) is 6.87. The monoisotopic (exact) mass is 259 g/mol. The van der Waals surface area contributed by atoms with Crippen molar-refractivity contribution in [1.29, 1.82) is 0 Å². The minimum Gasteiger partial charge on any atom is -0.370 e. The quantitative estimate of drug-likeness (QED) is 0.640. The molecule has 0 radical (unpaired) electrons. The fraction of sp³-hybridized carbons (Fsp3) is 0.214. The molecule has 3 nitrogen and oxygen atoms in total. The number of hydrogen-bond acceptors (Lipinski definition) is 2. The molecule has 0 aliphatic carbocycles. The Bertz CT molecular complexity index is 477. The number of rotatable bonds is 5. The van der Waals surface area contributed by atoms with Crippen molar-refractivity contribution in [3.8, 4) is 0 Å². The number of nitrogens with one attached hydrogen (secondary N) is 1. The van der Waals surface area contributed by atoms with E-state index in [-0.39, 0.29) is 0 Å². The maximum atomic E-state index is 5.80. The number of hydrogen-bond donors (Lipinski definition) is 2. The van der Waals surface area contributed by atoms with Gasteiger partial charge in [0.25, 0.3) is 0 Å². The number of thiophene rings is 1. The van der Waals surface area contributed by atoms with Crippen LogP contribution < -0.4 is 11.1 Å². The summed E-state index contributed by atoms with van der Waals surface area (Å²) in [5.74, 6) is 0.511. The van der Waals surface area contributed by atoms with Crippen molar-refractivity contribution in [1.82, 2.24) is 5.32 Å². The Balaban J connectivity index is 1.71. The summed E-state index contributed by atoms with van der Waals surface area (Å²) >= 11 is 1.68. The van der Waals surface area contributed by atoms with Crippen LogP contribution in [0.4, 0.5) is 0 Å². The lowest BCUT2D eigenvalue weighted by Gasteiger charge is -2.05. The third-order valence-electron chi connectivity index (χ3n) is 2.57. The molecule has 1 aromatic heterocycles. The minimum atomic E-state index is 0.511. The molecule has 1 aromatic carbocycles. The molecule has 0 atom stereocenters. The summed E-state index contributed by atoms with van der Waals surface area (Å²) in [5.41, 5.74) is 8.30. The SMILES string of the molecule is NC(=NCc1ccsc1)NCCc1ccccc1. The summed E-state index contributed by atoms with van der Waals surface area (Å²) in [6.45, 7) is 1.46. The molecule has 94 valence electrons. The summed E-state index contributed by atoms with van der Waals surface area (Å²) in [6, 6.07) is 12.4. The average molecular weight is 259 g/mol. The van der Waals surface area contributed by atoms with E-state index in [4.69, 9.17) is 5.73 Å². The Morgan fingerprint density at radius 2 is 2.00 bits per heavy atom. The number of nitrogens with two attached hydrogens (primary N) is 1. The van der Waals surface area contributed by atoms with Crippen molar-refractivity contribution in [2.45, 2.75) is 13.0 Å². The van der Waals surface area contributed by atoms with Gasteiger partial charge < -0.3 is 11.1 Å². The van der Waals surface area contributed by atoms with Gasteiger partial charge in [0.15, 0.2) is 5.96 Å². The van der Waals surface area contributed by atoms with Crippen LogP contribution in [0.25, 0.3) is 0 Å². The Labute approximate surface area is 111 Å². The molecular formula is C14H17N3S. The predicted octanol–water partition coefficient (Wildman–Crippen LogP) is 2.40. The van der Waals surface area contributed by atoms with Crippen LogP contribution in [0.3, 0.4) is 0 Å². The van der Waals surface area contributed by atoms with Crippen LogP contribution in [0.5, 0.6) is 0 Å². The average Bonchev–Trinajstić information content (AvgIpc) is 2.91. The number of aliphatic imine (C=N–C) groups is 1. The minimum absolute atomic E-state index is 0.511. The van der Waals surface area contributed by atoms with Crippen molar-refractivity contribution in [3.05, 3.63) is 58.3 Å². The number of nitrogens with zero attached hydrogens (tertiary/aromatic N) is 1. The van der Waals surface area contributed by atoms with Gasteiger partial charge in [-0.2, -0.15) is 11.3 Å². The molecule has 0 spiro atoms. The molecule has 0 unspecified atom stereocenters. The Kier molecular flexibility index (Phi) is 4.78. The molecule has 18 heavy (non-hydrogen) atoms. The van der Waals surface area contributed by atoms with E-state index < -0.39 is 0 Å². The lowest BCUT2D eigenvalue weighted by Crippen LogP contribution is -2.33. The molecule has 2 aromatic rings. The third kappa shape index (κ3) is 4.22. The molecule has 0 bridgehead atoms. The molecule has 0 aliphatic rings. The fourth-order valence-corrected chi connectivity index (χ4v) is 2.25. The smallest absolute Gasteiger partial charge is 0.188 e. The van der Waals surface area contributed by atoms with Crippen LogP contribution in [0.15, 0.2) is 52.2 Å². The summed E-state index contributed by atoms with van der Waals surface area (Å²) < 4.78 is 0. The first-order valence-electron chi connectivity index (χ1n) is 5.93. The standard InChI is InChI=1S/C14H17N3S/c15-14(17-10-13-7-9-18-11-13)16-8-6-12-4-2-1-3-5-12/h1-5,7,9,11H,6,8,10H2,(H3,15,16,17). The van der Waals surface area contributed by atoms with Gasteiger partial charge in [0, 0.05) is 6.54 Å². The molecule has 0 fully saturated rings. The highest BCUT2D eigenvalue weighted by Crippen LogP contribution is 2.06. The highest BCUT2D eigenvalue weighted by atomic mass is 32.1. The van der Waals surface area contributed by atoms with Gasteiger partial charge in [-0.15, -0.1) is 0 Å². The third-order valence-corrected chi connectivity index (χ3v) is 3.31. The van der Waals surface area contributed by atoms with Crippen molar-refractivity contribution in [2.75, 3.05) is 6.54 Å². The van der Waals surface area contributed by atoms with Crippen LogP contribution in [0, 0.1) is 0 Å². The lowest BCUT2D eigenvalue weighted by atomic mass is 10.1. The van der Waals surface area contributed by atoms with Crippen LogP contribution >= 0.6 is 11.3 Å². The second kappa shape index (κ2) is 6.81. The molecule has 0 saturated carbocycles. The molecular weight excluding hydrogens is 242 g/mol. The van der Waals surface area contributed by atoms with Gasteiger partial charge in [0.05, 0.1) is 6.54 Å². The normalized spacial score (nSPS) is 11.4. The highest BCUT2D eigenvalue weighted by Gasteiger charge is 1.95. The molecule has 2 rings (SSSR count). The molecule has 1 heterocycles. The predicted molar refractivity (Wildman–Crippen MR) is 77.8 cm³/mol. The second-order valence-electron chi connectivity index (χ2n) is 4.00. The molecule has 3 N–H and O–H groups in total. The van der Waals surface area contributed by atoms with Gasteiger partial charge in [-0.3, -0.25) is 0 Å². The van der Waals surface area contributed by atoms with E-state index in [9.17, 15) is 0 Å². The maximum absolute atomic E-state index is 5.80. The van der Waals surface area contributed by atoms with Gasteiger partial charge in [-0.05, 0) is 34.4 Å². The van der Waals surface area contributed by atoms with Crippen LogP contribution in [-0.2, 0) is 13.0 Å².